The number of nitrogens with one attached hydrogen (secondary N) is 5. The molecule has 0 aliphatic rings. The number of hydrazine groups is 1. The first kappa shape index (κ1) is 26.4. The van der Waals surface area contributed by atoms with E-state index < -0.39 is 22.9 Å². The van der Waals surface area contributed by atoms with Crippen LogP contribution >= 0.6 is 0 Å². The smallest absolute Gasteiger partial charge is 0.251 e. The van der Waals surface area contributed by atoms with E-state index in [2.05, 4.69) is 16.0 Å². The largest absolute Gasteiger partial charge is 0.496 e. The summed E-state index contributed by atoms with van der Waals surface area (Å²) in [6.45, 7) is 4.82. The van der Waals surface area contributed by atoms with Crippen molar-refractivity contribution in [2.24, 2.45) is 5.92 Å². The summed E-state index contributed by atoms with van der Waals surface area (Å²) in [5.74, 6) is -0.136. The Morgan fingerprint density at radius 3 is 2.56 bits per heavy atom. The van der Waals surface area contributed by atoms with Gasteiger partial charge in [-0.25, -0.2) is 10.1 Å². The van der Waals surface area contributed by atoms with Crippen molar-refractivity contribution in [3.63, 3.8) is 0 Å². The Labute approximate surface area is 187 Å². The minimum atomic E-state index is -0.839. The fraction of sp³-hybridized carbons (Fsp3) is 0.476. The van der Waals surface area contributed by atoms with Gasteiger partial charge in [-0.15, -0.1) is 0 Å². The SMILES string of the molecule is COc1ccccc1/C=C/C(=O)N[C@@H](CCCNC(=N)N[N+](=O)[O-])C(=O)NCCC(C)C. The fourth-order valence-electron chi connectivity index (χ4n) is 2.72. The first-order valence-corrected chi connectivity index (χ1v) is 10.4. The molecule has 0 fully saturated rings. The lowest BCUT2D eigenvalue weighted by Crippen LogP contribution is -2.47. The van der Waals surface area contributed by atoms with Gasteiger partial charge in [0.2, 0.25) is 11.8 Å². The highest BCUT2D eigenvalue weighted by Gasteiger charge is 2.19. The number of hydrogen-bond acceptors (Lipinski definition) is 6. The Morgan fingerprint density at radius 2 is 1.91 bits per heavy atom. The van der Waals surface area contributed by atoms with Gasteiger partial charge in [0.15, 0.2) is 5.03 Å². The van der Waals surface area contributed by atoms with E-state index in [4.69, 9.17) is 10.1 Å². The van der Waals surface area contributed by atoms with Gasteiger partial charge < -0.3 is 20.7 Å². The second kappa shape index (κ2) is 14.4. The van der Waals surface area contributed by atoms with Crippen molar-refractivity contribution in [1.82, 2.24) is 21.4 Å². The number of methoxy groups -OCH3 is 1. The number of amides is 2. The molecule has 0 saturated carbocycles. The molecule has 176 valence electrons. The monoisotopic (exact) mass is 448 g/mol. The maximum atomic E-state index is 12.6. The van der Waals surface area contributed by atoms with Crippen LogP contribution in [0.15, 0.2) is 30.3 Å². The molecule has 5 N–H and O–H groups in total. The van der Waals surface area contributed by atoms with Gasteiger partial charge in [-0.2, -0.15) is 0 Å². The zero-order valence-electron chi connectivity index (χ0n) is 18.6. The predicted octanol–water partition coefficient (Wildman–Crippen LogP) is 1.44. The molecule has 11 nitrogen and oxygen atoms in total. The highest BCUT2D eigenvalue weighted by atomic mass is 16.7. The first-order valence-electron chi connectivity index (χ1n) is 10.4. The number of para-hydroxylation sites is 1. The minimum absolute atomic E-state index is 0.225. The third-order valence-corrected chi connectivity index (χ3v) is 4.38. The Bertz CT molecular complexity index is 812. The molecule has 0 spiro atoms. The molecule has 0 bridgehead atoms. The van der Waals surface area contributed by atoms with Crippen LogP contribution in [0.4, 0.5) is 0 Å². The van der Waals surface area contributed by atoms with Crippen LogP contribution in [0.25, 0.3) is 6.08 Å². The van der Waals surface area contributed by atoms with Gasteiger partial charge in [0.05, 0.1) is 7.11 Å². The quantitative estimate of drug-likeness (QED) is 0.0762. The van der Waals surface area contributed by atoms with Crippen LogP contribution in [0, 0.1) is 21.4 Å². The van der Waals surface area contributed by atoms with Crippen LogP contribution in [0.2, 0.25) is 0 Å². The van der Waals surface area contributed by atoms with Crippen molar-refractivity contribution in [2.45, 2.75) is 39.2 Å². The average Bonchev–Trinajstić information content (AvgIpc) is 2.73. The molecule has 2 amide bonds. The Balaban J connectivity index is 2.68. The number of guanidine groups is 1. The molecule has 0 heterocycles. The van der Waals surface area contributed by atoms with Crippen LogP contribution in [0.1, 0.15) is 38.7 Å². The summed E-state index contributed by atoms with van der Waals surface area (Å²) < 4.78 is 5.25. The Hall–Kier alpha value is -3.63. The second-order valence-corrected chi connectivity index (χ2v) is 7.42. The lowest BCUT2D eigenvalue weighted by atomic mass is 10.1. The van der Waals surface area contributed by atoms with E-state index in [0.29, 0.717) is 31.1 Å². The van der Waals surface area contributed by atoms with Crippen LogP contribution in [-0.4, -0.2) is 49.0 Å². The number of carbonyl (C=O) groups excluding carboxylic acids is 2. The van der Waals surface area contributed by atoms with Crippen molar-refractivity contribution >= 4 is 23.8 Å². The molecule has 1 aromatic carbocycles. The van der Waals surface area contributed by atoms with Gasteiger partial charge in [0.1, 0.15) is 11.8 Å². The maximum absolute atomic E-state index is 12.6. The molecule has 0 radical (unpaired) electrons. The fourth-order valence-corrected chi connectivity index (χ4v) is 2.72. The normalized spacial score (nSPS) is 11.6. The van der Waals surface area contributed by atoms with Crippen molar-refractivity contribution in [3.05, 3.63) is 46.0 Å². The zero-order chi connectivity index (χ0) is 23.9. The van der Waals surface area contributed by atoms with Crippen LogP contribution in [0.5, 0.6) is 5.75 Å². The van der Waals surface area contributed by atoms with Gasteiger partial charge in [-0.1, -0.05) is 37.5 Å². The van der Waals surface area contributed by atoms with Gasteiger partial charge in [-0.3, -0.25) is 15.0 Å². The van der Waals surface area contributed by atoms with Gasteiger partial charge in [0.25, 0.3) is 5.96 Å². The third-order valence-electron chi connectivity index (χ3n) is 4.38. The highest BCUT2D eigenvalue weighted by molar-refractivity contribution is 5.95. The van der Waals surface area contributed by atoms with E-state index in [9.17, 15) is 19.7 Å². The number of nitro groups is 1. The number of hydrogen-bond donors (Lipinski definition) is 5. The molecule has 11 heteroatoms. The minimum Gasteiger partial charge on any atom is -0.496 e. The maximum Gasteiger partial charge on any atom is 0.251 e. The standard InChI is InChI=1S/C21H32N6O5/c1-15(2)12-14-23-20(29)17(8-6-13-24-21(22)26-27(30)31)25-19(28)11-10-16-7-4-5-9-18(16)32-3/h4-5,7,9-11,15,17H,6,8,12-14H2,1-3H3,(H,23,29)(H,25,28)(H3,22,24,26)/b11-10+/t17-/m0/s1. The summed E-state index contributed by atoms with van der Waals surface area (Å²) in [4.78, 5) is 35.3. The molecule has 0 unspecified atom stereocenters. The Kier molecular flexibility index (Phi) is 11.9. The third kappa shape index (κ3) is 11.0. The Morgan fingerprint density at radius 1 is 1.19 bits per heavy atom. The molecule has 0 aliphatic carbocycles. The van der Waals surface area contributed by atoms with E-state index >= 15 is 0 Å². The zero-order valence-corrected chi connectivity index (χ0v) is 18.6. The van der Waals surface area contributed by atoms with E-state index in [1.807, 2.05) is 26.0 Å². The summed E-state index contributed by atoms with van der Waals surface area (Å²) in [5.41, 5.74) is 2.42. The van der Waals surface area contributed by atoms with Gasteiger partial charge >= 0.3 is 0 Å². The number of carbonyl (C=O) groups is 2. The predicted molar refractivity (Wildman–Crippen MR) is 122 cm³/mol. The summed E-state index contributed by atoms with van der Waals surface area (Å²) in [6, 6.07) is 6.45. The van der Waals surface area contributed by atoms with Crippen molar-refractivity contribution < 1.29 is 19.4 Å². The van der Waals surface area contributed by atoms with Crippen molar-refractivity contribution in [1.29, 1.82) is 5.41 Å². The van der Waals surface area contributed by atoms with Gasteiger partial charge in [-0.05, 0) is 37.3 Å². The number of ether oxygens (including phenoxy) is 1. The molecular formula is C21H32N6O5. The summed E-state index contributed by atoms with van der Waals surface area (Å²) in [5, 5.41) is 24.9. The van der Waals surface area contributed by atoms with Crippen LogP contribution in [0.3, 0.4) is 0 Å². The molecule has 0 aliphatic heterocycles. The molecule has 32 heavy (non-hydrogen) atoms. The van der Waals surface area contributed by atoms with E-state index in [1.54, 1.807) is 30.7 Å². The lowest BCUT2D eigenvalue weighted by molar-refractivity contribution is -0.525. The topological polar surface area (TPSA) is 158 Å². The van der Waals surface area contributed by atoms with E-state index in [0.717, 1.165) is 12.0 Å². The van der Waals surface area contributed by atoms with E-state index in [1.165, 1.54) is 6.08 Å². The summed E-state index contributed by atoms with van der Waals surface area (Å²) in [7, 11) is 1.54. The second-order valence-electron chi connectivity index (χ2n) is 7.42. The van der Waals surface area contributed by atoms with E-state index in [-0.39, 0.29) is 12.5 Å². The molecule has 0 saturated heterocycles. The average molecular weight is 449 g/mol. The van der Waals surface area contributed by atoms with Crippen LogP contribution < -0.4 is 26.1 Å². The molecule has 0 aromatic heterocycles. The molecular weight excluding hydrogens is 416 g/mol. The lowest BCUT2D eigenvalue weighted by Gasteiger charge is -2.18. The number of benzene rings is 1. The first-order chi connectivity index (χ1) is 15.2. The molecule has 1 aromatic rings. The summed E-state index contributed by atoms with van der Waals surface area (Å²) in [6.07, 6.45) is 4.45. The number of rotatable bonds is 13. The summed E-state index contributed by atoms with van der Waals surface area (Å²) >= 11 is 0. The van der Waals surface area contributed by atoms with Crippen LogP contribution in [-0.2, 0) is 9.59 Å². The molecule has 1 atom stereocenters. The van der Waals surface area contributed by atoms with Crippen molar-refractivity contribution in [3.8, 4) is 5.75 Å². The molecule has 1 rings (SSSR count). The highest BCUT2D eigenvalue weighted by Crippen LogP contribution is 2.18. The van der Waals surface area contributed by atoms with Gasteiger partial charge in [0, 0.05) is 24.7 Å². The van der Waals surface area contributed by atoms with Crippen molar-refractivity contribution in [2.75, 3.05) is 20.2 Å². The number of nitrogens with zero attached hydrogens (tertiary/aromatic N) is 1.